The van der Waals surface area contributed by atoms with E-state index >= 15 is 0 Å². The fraction of sp³-hybridized carbons (Fsp3) is 0.417. The molecule has 2 aromatic carbocycles. The Balaban J connectivity index is 1.52. The van der Waals surface area contributed by atoms with Gasteiger partial charge in [-0.3, -0.25) is 0 Å². The molecule has 0 radical (unpaired) electrons. The number of ether oxygens (including phenoxy) is 1. The zero-order valence-corrected chi connectivity index (χ0v) is 18.3. The number of imidazole rings is 1. The summed E-state index contributed by atoms with van der Waals surface area (Å²) in [6.45, 7) is 1.83. The molecule has 0 unspecified atom stereocenters. The smallest absolute Gasteiger partial charge is 0.315 e. The first-order chi connectivity index (χ1) is 15.3. The molecule has 4 N–H and O–H groups in total. The number of benzene rings is 2. The highest BCUT2D eigenvalue weighted by Crippen LogP contribution is 2.28. The Morgan fingerprint density at radius 1 is 1.31 bits per heavy atom. The number of nitrogens with one attached hydrogen (secondary N) is 3. The molecule has 3 aromatic rings. The fourth-order valence-electron chi connectivity index (χ4n) is 4.20. The molecule has 0 bridgehead atoms. The summed E-state index contributed by atoms with van der Waals surface area (Å²) in [5.41, 5.74) is 1.71. The number of fused-ring (bicyclic) bond motifs is 1. The highest BCUT2D eigenvalue weighted by molar-refractivity contribution is 5.76. The van der Waals surface area contributed by atoms with Crippen LogP contribution in [0.25, 0.3) is 11.0 Å². The molecule has 32 heavy (non-hydrogen) atoms. The van der Waals surface area contributed by atoms with Gasteiger partial charge in [0, 0.05) is 12.5 Å². The number of para-hydroxylation sites is 2. The minimum absolute atomic E-state index is 0.00461. The number of hydrogen-bond donors (Lipinski definition) is 4. The zero-order chi connectivity index (χ0) is 22.7. The van der Waals surface area contributed by atoms with Gasteiger partial charge < -0.3 is 25.5 Å². The molecule has 1 saturated carbocycles. The molecule has 4 rings (SSSR count). The van der Waals surface area contributed by atoms with Crippen molar-refractivity contribution in [3.05, 3.63) is 59.7 Å². The molecule has 7 nitrogen and oxygen atoms in total. The summed E-state index contributed by atoms with van der Waals surface area (Å²) >= 11 is 0. The summed E-state index contributed by atoms with van der Waals surface area (Å²) < 4.78 is 19.2. The lowest BCUT2D eigenvalue weighted by Crippen LogP contribution is -2.47. The number of amides is 2. The minimum atomic E-state index is -0.663. The van der Waals surface area contributed by atoms with Gasteiger partial charge in [-0.25, -0.2) is 14.2 Å². The van der Waals surface area contributed by atoms with Crippen LogP contribution >= 0.6 is 0 Å². The van der Waals surface area contributed by atoms with E-state index in [1.165, 1.54) is 13.2 Å². The molecule has 1 aliphatic carbocycles. The Hall–Kier alpha value is -3.13. The molecular formula is C24H29FN4O3. The standard InChI is InChI=1S/C24H29FN4O3/c1-24(31)11-9-16(10-12-24)26-23(30)29-20(14-15-7-8-21(32-2)17(25)13-15)22-27-18-5-3-4-6-19(18)28-22/h3-8,13,16,20,31H,9-12,14H2,1-2H3,(H,27,28)(H2,26,29,30)/t16-,20-,24+/m1/s1. The number of halogens is 1. The maximum atomic E-state index is 14.2. The predicted molar refractivity (Wildman–Crippen MR) is 120 cm³/mol. The maximum Gasteiger partial charge on any atom is 0.315 e. The number of methoxy groups -OCH3 is 1. The second-order valence-corrected chi connectivity index (χ2v) is 8.75. The topological polar surface area (TPSA) is 99.3 Å². The fourth-order valence-corrected chi connectivity index (χ4v) is 4.20. The number of hydrogen-bond acceptors (Lipinski definition) is 4. The lowest BCUT2D eigenvalue weighted by Gasteiger charge is -2.33. The first-order valence-corrected chi connectivity index (χ1v) is 10.9. The summed E-state index contributed by atoms with van der Waals surface area (Å²) in [4.78, 5) is 20.7. The van der Waals surface area contributed by atoms with Crippen LogP contribution in [0.1, 0.15) is 50.0 Å². The first kappa shape index (κ1) is 22.1. The van der Waals surface area contributed by atoms with Crippen LogP contribution in [0.5, 0.6) is 5.75 Å². The van der Waals surface area contributed by atoms with Gasteiger partial charge in [-0.2, -0.15) is 0 Å². The molecule has 2 amide bonds. The summed E-state index contributed by atoms with van der Waals surface area (Å²) in [5.74, 6) is 0.323. The predicted octanol–water partition coefficient (Wildman–Crippen LogP) is 3.99. The van der Waals surface area contributed by atoms with E-state index in [0.29, 0.717) is 30.7 Å². The Labute approximate surface area is 186 Å². The van der Waals surface area contributed by atoms with Crippen molar-refractivity contribution in [2.24, 2.45) is 0 Å². The SMILES string of the molecule is COc1ccc(C[C@@H](NC(=O)N[C@H]2CC[C@@](C)(O)CC2)c2nc3ccccc3[nH]2)cc1F. The van der Waals surface area contributed by atoms with Crippen molar-refractivity contribution in [3.63, 3.8) is 0 Å². The molecule has 170 valence electrons. The Bertz CT molecular complexity index is 1050. The van der Waals surface area contributed by atoms with Crippen molar-refractivity contribution in [1.82, 2.24) is 20.6 Å². The van der Waals surface area contributed by atoms with E-state index in [1.807, 2.05) is 31.2 Å². The van der Waals surface area contributed by atoms with Crippen LogP contribution in [0.3, 0.4) is 0 Å². The van der Waals surface area contributed by atoms with E-state index in [0.717, 1.165) is 23.9 Å². The number of aromatic nitrogens is 2. The van der Waals surface area contributed by atoms with Crippen LogP contribution in [0.15, 0.2) is 42.5 Å². The van der Waals surface area contributed by atoms with Gasteiger partial charge in [0.15, 0.2) is 11.6 Å². The third-order valence-electron chi connectivity index (χ3n) is 6.10. The molecule has 0 aliphatic heterocycles. The van der Waals surface area contributed by atoms with Crippen LogP contribution in [0.4, 0.5) is 9.18 Å². The van der Waals surface area contributed by atoms with Crippen molar-refractivity contribution in [1.29, 1.82) is 0 Å². The molecule has 1 aromatic heterocycles. The lowest BCUT2D eigenvalue weighted by molar-refractivity contribution is 0.0151. The monoisotopic (exact) mass is 440 g/mol. The van der Waals surface area contributed by atoms with Crippen LogP contribution in [-0.4, -0.2) is 39.9 Å². The highest BCUT2D eigenvalue weighted by atomic mass is 19.1. The summed E-state index contributed by atoms with van der Waals surface area (Å²) in [6, 6.07) is 11.6. The molecule has 1 aliphatic rings. The molecule has 8 heteroatoms. The van der Waals surface area contributed by atoms with Crippen LogP contribution in [-0.2, 0) is 6.42 Å². The average molecular weight is 441 g/mol. The molecule has 0 spiro atoms. The largest absolute Gasteiger partial charge is 0.494 e. The number of H-pyrrole nitrogens is 1. The van der Waals surface area contributed by atoms with E-state index in [2.05, 4.69) is 20.6 Å². The van der Waals surface area contributed by atoms with Gasteiger partial charge in [-0.05, 0) is 62.4 Å². The highest BCUT2D eigenvalue weighted by Gasteiger charge is 2.30. The molecular weight excluding hydrogens is 411 g/mol. The van der Waals surface area contributed by atoms with Crippen LogP contribution < -0.4 is 15.4 Å². The van der Waals surface area contributed by atoms with Crippen molar-refractivity contribution >= 4 is 17.1 Å². The Kier molecular flexibility index (Phi) is 6.32. The van der Waals surface area contributed by atoms with Crippen molar-refractivity contribution in [2.75, 3.05) is 7.11 Å². The van der Waals surface area contributed by atoms with Gasteiger partial charge in [-0.1, -0.05) is 18.2 Å². The van der Waals surface area contributed by atoms with E-state index < -0.39 is 17.5 Å². The van der Waals surface area contributed by atoms with E-state index in [4.69, 9.17) is 4.74 Å². The van der Waals surface area contributed by atoms with Gasteiger partial charge in [-0.15, -0.1) is 0 Å². The van der Waals surface area contributed by atoms with E-state index in [1.54, 1.807) is 12.1 Å². The Morgan fingerprint density at radius 3 is 2.75 bits per heavy atom. The van der Waals surface area contributed by atoms with E-state index in [-0.39, 0.29) is 17.8 Å². The zero-order valence-electron chi connectivity index (χ0n) is 18.3. The number of rotatable bonds is 6. The number of carbonyl (C=O) groups is 1. The van der Waals surface area contributed by atoms with Gasteiger partial charge >= 0.3 is 6.03 Å². The molecule has 1 heterocycles. The lowest BCUT2D eigenvalue weighted by atomic mass is 9.84. The number of carbonyl (C=O) groups excluding carboxylic acids is 1. The van der Waals surface area contributed by atoms with Gasteiger partial charge in [0.2, 0.25) is 0 Å². The van der Waals surface area contributed by atoms with Gasteiger partial charge in [0.1, 0.15) is 5.82 Å². The second kappa shape index (κ2) is 9.16. The first-order valence-electron chi connectivity index (χ1n) is 10.9. The normalized spacial score (nSPS) is 21.8. The maximum absolute atomic E-state index is 14.2. The number of urea groups is 1. The average Bonchev–Trinajstić information content (AvgIpc) is 3.19. The van der Waals surface area contributed by atoms with Crippen LogP contribution in [0.2, 0.25) is 0 Å². The summed E-state index contributed by atoms with van der Waals surface area (Å²) in [7, 11) is 1.42. The van der Waals surface area contributed by atoms with Gasteiger partial charge in [0.25, 0.3) is 0 Å². The summed E-state index contributed by atoms with van der Waals surface area (Å²) in [6.07, 6.45) is 3.10. The second-order valence-electron chi connectivity index (χ2n) is 8.75. The quantitative estimate of drug-likeness (QED) is 0.466. The number of aliphatic hydroxyl groups is 1. The third-order valence-corrected chi connectivity index (χ3v) is 6.10. The third kappa shape index (κ3) is 5.19. The minimum Gasteiger partial charge on any atom is -0.494 e. The van der Waals surface area contributed by atoms with Crippen molar-refractivity contribution in [2.45, 2.75) is 56.7 Å². The number of aromatic amines is 1. The van der Waals surface area contributed by atoms with Crippen molar-refractivity contribution in [3.8, 4) is 5.75 Å². The molecule has 0 saturated heterocycles. The van der Waals surface area contributed by atoms with Crippen molar-refractivity contribution < 1.29 is 19.0 Å². The van der Waals surface area contributed by atoms with E-state index in [9.17, 15) is 14.3 Å². The number of nitrogens with zero attached hydrogens (tertiary/aromatic N) is 1. The molecule has 1 atom stereocenters. The summed E-state index contributed by atoms with van der Waals surface area (Å²) in [5, 5.41) is 16.1. The Morgan fingerprint density at radius 2 is 2.06 bits per heavy atom. The van der Waals surface area contributed by atoms with Crippen LogP contribution in [0, 0.1) is 5.82 Å². The van der Waals surface area contributed by atoms with Gasteiger partial charge in [0.05, 0.1) is 29.8 Å². The molecule has 1 fully saturated rings.